The summed E-state index contributed by atoms with van der Waals surface area (Å²) < 4.78 is 6.26. The van der Waals surface area contributed by atoms with Gasteiger partial charge in [-0.3, -0.25) is 4.79 Å². The van der Waals surface area contributed by atoms with E-state index in [1.165, 1.54) is 0 Å². The molecule has 1 amide bonds. The lowest BCUT2D eigenvalue weighted by Gasteiger charge is -2.17. The van der Waals surface area contributed by atoms with E-state index >= 15 is 0 Å². The monoisotopic (exact) mass is 297 g/mol. The first-order valence-corrected chi connectivity index (χ1v) is 6.50. The van der Waals surface area contributed by atoms with Crippen molar-refractivity contribution in [1.82, 2.24) is 4.90 Å². The second-order valence-electron chi connectivity index (χ2n) is 4.31. The van der Waals surface area contributed by atoms with E-state index in [0.717, 1.165) is 28.6 Å². The van der Waals surface area contributed by atoms with Gasteiger partial charge in [-0.05, 0) is 31.0 Å². The maximum Gasteiger partial charge on any atom is 0.254 e. The molecule has 1 fully saturated rings. The third-order valence-electron chi connectivity index (χ3n) is 3.26. The van der Waals surface area contributed by atoms with E-state index in [-0.39, 0.29) is 12.0 Å². The van der Waals surface area contributed by atoms with Crippen LogP contribution in [0.25, 0.3) is 0 Å². The Labute approximate surface area is 110 Å². The lowest BCUT2D eigenvalue weighted by Crippen LogP contribution is -2.30. The van der Waals surface area contributed by atoms with Gasteiger partial charge in [-0.15, -0.1) is 0 Å². The highest BCUT2D eigenvalue weighted by molar-refractivity contribution is 9.10. The highest BCUT2D eigenvalue weighted by Crippen LogP contribution is 2.22. The SMILES string of the molecule is COC1CCN(C(=O)c2cccc(Br)c2C)C1. The molecule has 0 saturated carbocycles. The molecule has 1 aliphatic heterocycles. The molecule has 1 atom stereocenters. The standard InChI is InChI=1S/C13H16BrNO2/c1-9-11(4-3-5-12(9)14)13(16)15-7-6-10(8-15)17-2/h3-5,10H,6-8H2,1-2H3. The van der Waals surface area contributed by atoms with Crippen LogP contribution in [0.3, 0.4) is 0 Å². The Hall–Kier alpha value is -0.870. The molecule has 1 heterocycles. The number of carbonyl (C=O) groups is 1. The molecule has 1 unspecified atom stereocenters. The van der Waals surface area contributed by atoms with E-state index in [1.807, 2.05) is 30.0 Å². The van der Waals surface area contributed by atoms with Crippen molar-refractivity contribution in [2.24, 2.45) is 0 Å². The Kier molecular flexibility index (Phi) is 3.84. The van der Waals surface area contributed by atoms with Crippen molar-refractivity contribution >= 4 is 21.8 Å². The number of likely N-dealkylation sites (tertiary alicyclic amines) is 1. The first-order chi connectivity index (χ1) is 8.13. The lowest BCUT2D eigenvalue weighted by molar-refractivity contribution is 0.0723. The van der Waals surface area contributed by atoms with Crippen LogP contribution in [0.2, 0.25) is 0 Å². The largest absolute Gasteiger partial charge is 0.380 e. The number of methoxy groups -OCH3 is 1. The van der Waals surface area contributed by atoms with E-state index < -0.39 is 0 Å². The number of halogens is 1. The van der Waals surface area contributed by atoms with Gasteiger partial charge in [0, 0.05) is 30.2 Å². The fourth-order valence-electron chi connectivity index (χ4n) is 2.11. The van der Waals surface area contributed by atoms with Gasteiger partial charge >= 0.3 is 0 Å². The van der Waals surface area contributed by atoms with Crippen LogP contribution in [0, 0.1) is 6.92 Å². The second-order valence-corrected chi connectivity index (χ2v) is 5.16. The predicted molar refractivity (Wildman–Crippen MR) is 70.2 cm³/mol. The van der Waals surface area contributed by atoms with Crippen LogP contribution in [0.1, 0.15) is 22.3 Å². The molecule has 1 aliphatic rings. The van der Waals surface area contributed by atoms with Crippen LogP contribution >= 0.6 is 15.9 Å². The summed E-state index contributed by atoms with van der Waals surface area (Å²) in [5.41, 5.74) is 1.77. The molecule has 2 rings (SSSR count). The highest BCUT2D eigenvalue weighted by atomic mass is 79.9. The van der Waals surface area contributed by atoms with Gasteiger partial charge in [0.25, 0.3) is 5.91 Å². The molecule has 17 heavy (non-hydrogen) atoms. The third kappa shape index (κ3) is 2.53. The van der Waals surface area contributed by atoms with Gasteiger partial charge in [0.1, 0.15) is 0 Å². The van der Waals surface area contributed by atoms with Crippen molar-refractivity contribution in [3.63, 3.8) is 0 Å². The number of hydrogen-bond donors (Lipinski definition) is 0. The zero-order chi connectivity index (χ0) is 12.4. The van der Waals surface area contributed by atoms with Crippen LogP contribution in [-0.2, 0) is 4.74 Å². The summed E-state index contributed by atoms with van der Waals surface area (Å²) in [6, 6.07) is 5.73. The van der Waals surface area contributed by atoms with Gasteiger partial charge < -0.3 is 9.64 Å². The summed E-state index contributed by atoms with van der Waals surface area (Å²) in [6.07, 6.45) is 1.11. The van der Waals surface area contributed by atoms with E-state index in [9.17, 15) is 4.79 Å². The summed E-state index contributed by atoms with van der Waals surface area (Å²) in [4.78, 5) is 14.2. The van der Waals surface area contributed by atoms with Gasteiger partial charge in [-0.1, -0.05) is 22.0 Å². The van der Waals surface area contributed by atoms with Crippen molar-refractivity contribution in [2.75, 3.05) is 20.2 Å². The quantitative estimate of drug-likeness (QED) is 0.840. The Morgan fingerprint density at radius 1 is 1.53 bits per heavy atom. The Morgan fingerprint density at radius 3 is 2.94 bits per heavy atom. The number of amides is 1. The maximum absolute atomic E-state index is 12.3. The number of carbonyl (C=O) groups excluding carboxylic acids is 1. The normalized spacial score (nSPS) is 19.7. The van der Waals surface area contributed by atoms with Gasteiger partial charge in [0.15, 0.2) is 0 Å². The first kappa shape index (κ1) is 12.6. The van der Waals surface area contributed by atoms with Crippen molar-refractivity contribution in [1.29, 1.82) is 0 Å². The number of hydrogen-bond acceptors (Lipinski definition) is 2. The summed E-state index contributed by atoms with van der Waals surface area (Å²) in [5, 5.41) is 0. The summed E-state index contributed by atoms with van der Waals surface area (Å²) in [7, 11) is 1.70. The van der Waals surface area contributed by atoms with Crippen LogP contribution in [0.5, 0.6) is 0 Å². The predicted octanol–water partition coefficient (Wildman–Crippen LogP) is 2.62. The number of benzene rings is 1. The fraction of sp³-hybridized carbons (Fsp3) is 0.462. The topological polar surface area (TPSA) is 29.5 Å². The zero-order valence-electron chi connectivity index (χ0n) is 10.1. The van der Waals surface area contributed by atoms with Gasteiger partial charge in [-0.25, -0.2) is 0 Å². The minimum Gasteiger partial charge on any atom is -0.380 e. The van der Waals surface area contributed by atoms with Crippen LogP contribution in [0.15, 0.2) is 22.7 Å². The second kappa shape index (κ2) is 5.19. The van der Waals surface area contributed by atoms with Crippen LogP contribution < -0.4 is 0 Å². The van der Waals surface area contributed by atoms with E-state index in [1.54, 1.807) is 7.11 Å². The average Bonchev–Trinajstić information content (AvgIpc) is 2.80. The molecule has 0 N–H and O–H groups in total. The Morgan fingerprint density at radius 2 is 2.29 bits per heavy atom. The lowest BCUT2D eigenvalue weighted by atomic mass is 10.1. The first-order valence-electron chi connectivity index (χ1n) is 5.70. The van der Waals surface area contributed by atoms with E-state index in [0.29, 0.717) is 6.54 Å². The van der Waals surface area contributed by atoms with Crippen LogP contribution in [0.4, 0.5) is 0 Å². The van der Waals surface area contributed by atoms with Gasteiger partial charge in [0.05, 0.1) is 6.10 Å². The third-order valence-corrected chi connectivity index (χ3v) is 4.12. The smallest absolute Gasteiger partial charge is 0.254 e. The van der Waals surface area contributed by atoms with Crippen molar-refractivity contribution in [2.45, 2.75) is 19.4 Å². The molecule has 0 spiro atoms. The number of ether oxygens (including phenoxy) is 1. The minimum atomic E-state index is 0.100. The summed E-state index contributed by atoms with van der Waals surface area (Å²) in [5.74, 6) is 0.100. The maximum atomic E-state index is 12.3. The average molecular weight is 298 g/mol. The van der Waals surface area contributed by atoms with Crippen LogP contribution in [-0.4, -0.2) is 37.1 Å². The molecule has 0 aromatic heterocycles. The van der Waals surface area contributed by atoms with Gasteiger partial charge in [-0.2, -0.15) is 0 Å². The van der Waals surface area contributed by atoms with Crippen molar-refractivity contribution < 1.29 is 9.53 Å². The number of rotatable bonds is 2. The molecule has 4 heteroatoms. The van der Waals surface area contributed by atoms with E-state index in [4.69, 9.17) is 4.74 Å². The molecular formula is C13H16BrNO2. The Bertz CT molecular complexity index is 433. The summed E-state index contributed by atoms with van der Waals surface area (Å²) >= 11 is 3.45. The molecule has 92 valence electrons. The molecular weight excluding hydrogens is 282 g/mol. The molecule has 0 radical (unpaired) electrons. The molecule has 1 saturated heterocycles. The van der Waals surface area contributed by atoms with Crippen molar-refractivity contribution in [3.05, 3.63) is 33.8 Å². The van der Waals surface area contributed by atoms with E-state index in [2.05, 4.69) is 15.9 Å². The Balaban J connectivity index is 2.18. The zero-order valence-corrected chi connectivity index (χ0v) is 11.7. The van der Waals surface area contributed by atoms with Gasteiger partial charge in [0.2, 0.25) is 0 Å². The molecule has 1 aromatic rings. The highest BCUT2D eigenvalue weighted by Gasteiger charge is 2.27. The number of nitrogens with zero attached hydrogens (tertiary/aromatic N) is 1. The molecule has 0 bridgehead atoms. The minimum absolute atomic E-state index is 0.100. The molecule has 3 nitrogen and oxygen atoms in total. The molecule has 1 aromatic carbocycles. The molecule has 0 aliphatic carbocycles. The van der Waals surface area contributed by atoms with Crippen molar-refractivity contribution in [3.8, 4) is 0 Å². The fourth-order valence-corrected chi connectivity index (χ4v) is 2.48. The summed E-state index contributed by atoms with van der Waals surface area (Å²) in [6.45, 7) is 3.44.